The van der Waals surface area contributed by atoms with Gasteiger partial charge in [0.25, 0.3) is 0 Å². The summed E-state index contributed by atoms with van der Waals surface area (Å²) in [6.45, 7) is 1.69. The Bertz CT molecular complexity index is 505. The second kappa shape index (κ2) is 4.38. The lowest BCUT2D eigenvalue weighted by atomic mass is 10.1. The summed E-state index contributed by atoms with van der Waals surface area (Å²) in [7, 11) is 2.15. The third-order valence-corrected chi connectivity index (χ3v) is 4.42. The molecular formula is C13H18N4O2. The summed E-state index contributed by atoms with van der Waals surface area (Å²) < 4.78 is 0. The molecule has 6 heteroatoms. The number of nitro benzene ring substituents is 1. The van der Waals surface area contributed by atoms with Crippen LogP contribution in [0.4, 0.5) is 17.1 Å². The summed E-state index contributed by atoms with van der Waals surface area (Å²) in [5.74, 6) is 0. The normalized spacial score (nSPS) is 26.7. The van der Waals surface area contributed by atoms with E-state index in [0.717, 1.165) is 13.1 Å². The molecule has 0 aromatic heterocycles. The number of nitrogens with zero attached hydrogens (tertiary/aromatic N) is 3. The number of hydrogen-bond acceptors (Lipinski definition) is 5. The van der Waals surface area contributed by atoms with E-state index in [1.807, 2.05) is 0 Å². The van der Waals surface area contributed by atoms with Crippen molar-refractivity contribution in [3.05, 3.63) is 28.3 Å². The highest BCUT2D eigenvalue weighted by atomic mass is 16.6. The third-order valence-electron chi connectivity index (χ3n) is 4.42. The molecule has 102 valence electrons. The lowest BCUT2D eigenvalue weighted by Gasteiger charge is -2.39. The van der Waals surface area contributed by atoms with Crippen molar-refractivity contribution in [3.8, 4) is 0 Å². The van der Waals surface area contributed by atoms with Gasteiger partial charge in [0.2, 0.25) is 0 Å². The lowest BCUT2D eigenvalue weighted by Crippen LogP contribution is -2.52. The summed E-state index contributed by atoms with van der Waals surface area (Å²) in [4.78, 5) is 15.4. The van der Waals surface area contributed by atoms with E-state index < -0.39 is 0 Å². The van der Waals surface area contributed by atoms with Gasteiger partial charge in [-0.15, -0.1) is 0 Å². The van der Waals surface area contributed by atoms with Crippen molar-refractivity contribution in [2.75, 3.05) is 30.8 Å². The van der Waals surface area contributed by atoms with Gasteiger partial charge in [0.05, 0.1) is 4.92 Å². The van der Waals surface area contributed by atoms with Crippen LogP contribution >= 0.6 is 0 Å². The molecule has 1 aromatic rings. The van der Waals surface area contributed by atoms with Gasteiger partial charge in [-0.05, 0) is 32.0 Å². The van der Waals surface area contributed by atoms with Crippen molar-refractivity contribution >= 4 is 17.1 Å². The van der Waals surface area contributed by atoms with E-state index in [2.05, 4.69) is 16.8 Å². The van der Waals surface area contributed by atoms with Crippen LogP contribution < -0.4 is 10.6 Å². The smallest absolute Gasteiger partial charge is 0.315 e. The zero-order valence-corrected chi connectivity index (χ0v) is 11.0. The van der Waals surface area contributed by atoms with Crippen LogP contribution in [0.25, 0.3) is 0 Å². The first-order valence-corrected chi connectivity index (χ1v) is 6.57. The van der Waals surface area contributed by atoms with Gasteiger partial charge in [0.1, 0.15) is 11.4 Å². The summed E-state index contributed by atoms with van der Waals surface area (Å²) in [6.07, 6.45) is 2.35. The molecule has 2 N–H and O–H groups in total. The summed E-state index contributed by atoms with van der Waals surface area (Å²) in [6, 6.07) is 6.18. The van der Waals surface area contributed by atoms with Crippen LogP contribution in [-0.2, 0) is 0 Å². The maximum Gasteiger partial charge on any atom is 0.315 e. The molecule has 2 bridgehead atoms. The van der Waals surface area contributed by atoms with Gasteiger partial charge in [0.15, 0.2) is 0 Å². The van der Waals surface area contributed by atoms with E-state index in [-0.39, 0.29) is 16.3 Å². The van der Waals surface area contributed by atoms with Crippen LogP contribution in [0, 0.1) is 10.1 Å². The fourth-order valence-electron chi connectivity index (χ4n) is 3.31. The quantitative estimate of drug-likeness (QED) is 0.496. The Kier molecular flexibility index (Phi) is 2.82. The predicted octanol–water partition coefficient (Wildman–Crippen LogP) is 1.46. The van der Waals surface area contributed by atoms with E-state index in [9.17, 15) is 10.1 Å². The first-order valence-electron chi connectivity index (χ1n) is 6.57. The maximum absolute atomic E-state index is 11.2. The Morgan fingerprint density at radius 3 is 2.53 bits per heavy atom. The molecule has 2 aliphatic heterocycles. The zero-order chi connectivity index (χ0) is 13.6. The second-order valence-corrected chi connectivity index (χ2v) is 5.43. The molecule has 2 saturated heterocycles. The number of benzene rings is 1. The molecule has 0 spiro atoms. The zero-order valence-electron chi connectivity index (χ0n) is 11.0. The Hall–Kier alpha value is -1.82. The maximum atomic E-state index is 11.2. The van der Waals surface area contributed by atoms with Crippen molar-refractivity contribution in [1.82, 2.24) is 4.90 Å². The van der Waals surface area contributed by atoms with Crippen molar-refractivity contribution < 1.29 is 4.92 Å². The Morgan fingerprint density at radius 1 is 1.32 bits per heavy atom. The fourth-order valence-corrected chi connectivity index (χ4v) is 3.31. The molecule has 1 aromatic carbocycles. The molecular weight excluding hydrogens is 244 g/mol. The number of fused-ring (bicyclic) bond motifs is 2. The largest absolute Gasteiger partial charge is 0.393 e. The standard InChI is InChI=1S/C13H18N4O2/c1-15-9-5-6-10(15)8-16(7-9)12-4-2-3-11(14)13(12)17(18)19/h2-4,9-10H,5-8,14H2,1H3/t9-,10+. The van der Waals surface area contributed by atoms with Crippen LogP contribution in [0.2, 0.25) is 0 Å². The third kappa shape index (κ3) is 1.92. The fraction of sp³-hybridized carbons (Fsp3) is 0.538. The Morgan fingerprint density at radius 2 is 1.95 bits per heavy atom. The molecule has 0 saturated carbocycles. The van der Waals surface area contributed by atoms with Gasteiger partial charge in [-0.1, -0.05) is 6.07 Å². The van der Waals surface area contributed by atoms with Crippen LogP contribution in [0.3, 0.4) is 0 Å². The van der Waals surface area contributed by atoms with E-state index in [0.29, 0.717) is 17.8 Å². The van der Waals surface area contributed by atoms with Crippen LogP contribution in [0.1, 0.15) is 12.8 Å². The first-order chi connectivity index (χ1) is 9.08. The molecule has 6 nitrogen and oxygen atoms in total. The molecule has 0 radical (unpaired) electrons. The minimum absolute atomic E-state index is 0.0476. The number of piperazine rings is 1. The molecule has 2 heterocycles. The molecule has 3 rings (SSSR count). The monoisotopic (exact) mass is 262 g/mol. The number of nitrogen functional groups attached to an aromatic ring is 1. The highest BCUT2D eigenvalue weighted by Crippen LogP contribution is 2.38. The van der Waals surface area contributed by atoms with Crippen LogP contribution in [0.15, 0.2) is 18.2 Å². The molecule has 2 atom stereocenters. The van der Waals surface area contributed by atoms with Gasteiger partial charge < -0.3 is 10.6 Å². The Balaban J connectivity index is 1.96. The van der Waals surface area contributed by atoms with Gasteiger partial charge in [-0.2, -0.15) is 0 Å². The van der Waals surface area contributed by atoms with Crippen molar-refractivity contribution in [2.24, 2.45) is 0 Å². The molecule has 2 fully saturated rings. The highest BCUT2D eigenvalue weighted by molar-refractivity contribution is 5.75. The summed E-state index contributed by atoms with van der Waals surface area (Å²) >= 11 is 0. The Labute approximate surface area is 111 Å². The minimum atomic E-state index is -0.370. The first kappa shape index (κ1) is 12.2. The van der Waals surface area contributed by atoms with Gasteiger partial charge in [-0.3, -0.25) is 15.0 Å². The van der Waals surface area contributed by atoms with Gasteiger partial charge in [0, 0.05) is 25.2 Å². The highest BCUT2D eigenvalue weighted by Gasteiger charge is 2.39. The average Bonchev–Trinajstić information content (AvgIpc) is 2.61. The van der Waals surface area contributed by atoms with Crippen LogP contribution in [-0.4, -0.2) is 42.0 Å². The van der Waals surface area contributed by atoms with Crippen molar-refractivity contribution in [1.29, 1.82) is 0 Å². The van der Waals surface area contributed by atoms with E-state index >= 15 is 0 Å². The summed E-state index contributed by atoms with van der Waals surface area (Å²) in [5.41, 5.74) is 6.72. The topological polar surface area (TPSA) is 75.6 Å². The van der Waals surface area contributed by atoms with E-state index in [4.69, 9.17) is 5.73 Å². The van der Waals surface area contributed by atoms with Crippen LogP contribution in [0.5, 0.6) is 0 Å². The van der Waals surface area contributed by atoms with Gasteiger partial charge >= 0.3 is 5.69 Å². The predicted molar refractivity (Wildman–Crippen MR) is 74.3 cm³/mol. The lowest BCUT2D eigenvalue weighted by molar-refractivity contribution is -0.383. The summed E-state index contributed by atoms with van der Waals surface area (Å²) in [5, 5.41) is 11.2. The molecule has 0 aliphatic carbocycles. The van der Waals surface area contributed by atoms with Crippen molar-refractivity contribution in [3.63, 3.8) is 0 Å². The molecule has 0 unspecified atom stereocenters. The molecule has 19 heavy (non-hydrogen) atoms. The second-order valence-electron chi connectivity index (χ2n) is 5.43. The average molecular weight is 262 g/mol. The number of likely N-dealkylation sites (N-methyl/N-ethyl adjacent to an activating group) is 1. The number of nitrogens with two attached hydrogens (primary N) is 1. The van der Waals surface area contributed by atoms with E-state index in [1.165, 1.54) is 12.8 Å². The number of nitro groups is 1. The number of hydrogen-bond donors (Lipinski definition) is 1. The molecule has 0 amide bonds. The number of rotatable bonds is 2. The number of para-hydroxylation sites is 1. The van der Waals surface area contributed by atoms with Gasteiger partial charge in [-0.25, -0.2) is 0 Å². The minimum Gasteiger partial charge on any atom is -0.393 e. The number of anilines is 2. The van der Waals surface area contributed by atoms with Crippen molar-refractivity contribution in [2.45, 2.75) is 24.9 Å². The van der Waals surface area contributed by atoms with E-state index in [1.54, 1.807) is 18.2 Å². The SMILES string of the molecule is CN1[C@@H]2CC[C@H]1CN(c1cccc(N)c1[N+](=O)[O-])C2. The molecule has 2 aliphatic rings.